The summed E-state index contributed by atoms with van der Waals surface area (Å²) < 4.78 is 12.9. The molecule has 1 aliphatic heterocycles. The number of carbonyl (C=O) groups is 1. The molecule has 6 rings (SSSR count). The van der Waals surface area contributed by atoms with Crippen molar-refractivity contribution in [2.45, 2.75) is 38.1 Å². The van der Waals surface area contributed by atoms with Crippen LogP contribution >= 0.6 is 0 Å². The first-order chi connectivity index (χ1) is 18.0. The van der Waals surface area contributed by atoms with Crippen LogP contribution in [0, 0.1) is 0 Å². The number of anilines is 1. The Morgan fingerprint density at radius 3 is 2.86 bits per heavy atom. The van der Waals surface area contributed by atoms with Crippen LogP contribution in [0.25, 0.3) is 22.6 Å². The molecule has 4 heterocycles. The van der Waals surface area contributed by atoms with Crippen LogP contribution in [0.2, 0.25) is 0 Å². The monoisotopic (exact) mass is 499 g/mol. The van der Waals surface area contributed by atoms with Gasteiger partial charge in [0.2, 0.25) is 5.91 Å². The standard InChI is InChI=1S/C27H29N7O3/c1-16(25-31-27(37-32-25)20-13-30-34(14-20)15-24(35)33(2)3)21-7-6-18(10-22(21)17-4-5-17)19-11-23-26(29-12-19)28-8-9-36-23/h6-7,10-14,16-17H,4-5,8-9,15H2,1-3H3,(H,28,29). The highest BCUT2D eigenvalue weighted by atomic mass is 16.5. The zero-order chi connectivity index (χ0) is 25.5. The minimum Gasteiger partial charge on any atom is -0.488 e. The Labute approximate surface area is 214 Å². The van der Waals surface area contributed by atoms with Crippen molar-refractivity contribution in [3.8, 4) is 28.3 Å². The summed E-state index contributed by atoms with van der Waals surface area (Å²) >= 11 is 0. The molecule has 1 saturated carbocycles. The summed E-state index contributed by atoms with van der Waals surface area (Å²) in [6, 6.07) is 8.63. The first-order valence-electron chi connectivity index (χ1n) is 12.5. The maximum atomic E-state index is 12.0. The first-order valence-corrected chi connectivity index (χ1v) is 12.5. The number of likely N-dealkylation sites (N-methyl/N-ethyl adjacent to an activating group) is 1. The third-order valence-electron chi connectivity index (χ3n) is 6.91. The average Bonchev–Trinajstić information content (AvgIpc) is 3.46. The second kappa shape index (κ2) is 9.34. The van der Waals surface area contributed by atoms with Gasteiger partial charge in [-0.05, 0) is 41.5 Å². The lowest BCUT2D eigenvalue weighted by Gasteiger charge is -2.19. The quantitative estimate of drug-likeness (QED) is 0.407. The van der Waals surface area contributed by atoms with Crippen molar-refractivity contribution >= 4 is 11.7 Å². The molecule has 1 aromatic carbocycles. The minimum atomic E-state index is -0.0408. The van der Waals surface area contributed by atoms with E-state index in [1.807, 2.05) is 6.20 Å². The van der Waals surface area contributed by atoms with Gasteiger partial charge in [0.05, 0.1) is 18.3 Å². The zero-order valence-corrected chi connectivity index (χ0v) is 21.1. The molecule has 2 aliphatic rings. The highest BCUT2D eigenvalue weighted by Crippen LogP contribution is 2.45. The van der Waals surface area contributed by atoms with E-state index in [-0.39, 0.29) is 18.4 Å². The van der Waals surface area contributed by atoms with E-state index in [4.69, 9.17) is 9.26 Å². The van der Waals surface area contributed by atoms with Crippen molar-refractivity contribution in [1.82, 2.24) is 29.8 Å². The molecule has 1 atom stereocenters. The first kappa shape index (κ1) is 23.2. The fraction of sp³-hybridized carbons (Fsp3) is 0.370. The van der Waals surface area contributed by atoms with Crippen LogP contribution in [-0.4, -0.2) is 63.0 Å². The van der Waals surface area contributed by atoms with E-state index in [0.29, 0.717) is 29.8 Å². The summed E-state index contributed by atoms with van der Waals surface area (Å²) in [5.74, 6) is 3.07. The number of fused-ring (bicyclic) bond motifs is 1. The molecule has 0 bridgehead atoms. The van der Waals surface area contributed by atoms with Gasteiger partial charge in [-0.25, -0.2) is 4.98 Å². The van der Waals surface area contributed by atoms with Crippen molar-refractivity contribution in [3.05, 3.63) is 59.8 Å². The molecule has 4 aromatic rings. The molecule has 0 saturated heterocycles. The normalized spacial score (nSPS) is 15.4. The predicted molar refractivity (Wildman–Crippen MR) is 137 cm³/mol. The molecule has 10 heteroatoms. The molecule has 3 aromatic heterocycles. The number of amides is 1. The van der Waals surface area contributed by atoms with Gasteiger partial charge in [0.25, 0.3) is 5.89 Å². The van der Waals surface area contributed by atoms with Gasteiger partial charge in [0.1, 0.15) is 13.2 Å². The molecular weight excluding hydrogens is 470 g/mol. The number of rotatable bonds is 7. The number of nitrogens with zero attached hydrogens (tertiary/aromatic N) is 6. The van der Waals surface area contributed by atoms with Gasteiger partial charge in [0.15, 0.2) is 17.4 Å². The van der Waals surface area contributed by atoms with E-state index < -0.39 is 0 Å². The Morgan fingerprint density at radius 2 is 2.05 bits per heavy atom. The number of nitrogens with one attached hydrogen (secondary N) is 1. The second-order valence-electron chi connectivity index (χ2n) is 9.86. The van der Waals surface area contributed by atoms with Gasteiger partial charge in [-0.2, -0.15) is 10.1 Å². The summed E-state index contributed by atoms with van der Waals surface area (Å²) in [4.78, 5) is 22.7. The molecule has 190 valence electrons. The number of hydrogen-bond donors (Lipinski definition) is 1. The number of carbonyl (C=O) groups excluding carboxylic acids is 1. The lowest BCUT2D eigenvalue weighted by molar-refractivity contribution is -0.129. The van der Waals surface area contributed by atoms with Gasteiger partial charge in [0, 0.05) is 38.0 Å². The Morgan fingerprint density at radius 1 is 1.19 bits per heavy atom. The number of aromatic nitrogens is 5. The summed E-state index contributed by atoms with van der Waals surface area (Å²) in [6.45, 7) is 3.68. The fourth-order valence-electron chi connectivity index (χ4n) is 4.58. The van der Waals surface area contributed by atoms with E-state index >= 15 is 0 Å². The second-order valence-corrected chi connectivity index (χ2v) is 9.86. The molecular formula is C27H29N7O3. The molecule has 10 nitrogen and oxygen atoms in total. The molecule has 0 radical (unpaired) electrons. The van der Waals surface area contributed by atoms with E-state index in [9.17, 15) is 4.79 Å². The Hall–Kier alpha value is -4.21. The number of hydrogen-bond acceptors (Lipinski definition) is 8. The Kier molecular flexibility index (Phi) is 5.86. The van der Waals surface area contributed by atoms with Crippen molar-refractivity contribution in [2.24, 2.45) is 0 Å². The van der Waals surface area contributed by atoms with Crippen LogP contribution in [0.1, 0.15) is 48.6 Å². The molecule has 1 aliphatic carbocycles. The summed E-state index contributed by atoms with van der Waals surface area (Å²) in [5, 5.41) is 11.8. The topological polar surface area (TPSA) is 111 Å². The Bertz CT molecular complexity index is 1450. The minimum absolute atomic E-state index is 0.0401. The van der Waals surface area contributed by atoms with Gasteiger partial charge in [-0.1, -0.05) is 30.3 Å². The van der Waals surface area contributed by atoms with Crippen molar-refractivity contribution in [1.29, 1.82) is 0 Å². The van der Waals surface area contributed by atoms with Gasteiger partial charge in [-0.15, -0.1) is 0 Å². The SMILES string of the molecule is CC(c1noc(-c2cnn(CC(=O)N(C)C)c2)n1)c1ccc(-c2cnc3c(c2)OCCN3)cc1C1CC1. The highest BCUT2D eigenvalue weighted by molar-refractivity contribution is 5.75. The third-order valence-corrected chi connectivity index (χ3v) is 6.91. The number of ether oxygens (including phenoxy) is 1. The van der Waals surface area contributed by atoms with E-state index in [0.717, 1.165) is 29.2 Å². The largest absolute Gasteiger partial charge is 0.488 e. The van der Waals surface area contributed by atoms with Crippen LogP contribution in [0.15, 0.2) is 47.4 Å². The molecule has 37 heavy (non-hydrogen) atoms. The van der Waals surface area contributed by atoms with Crippen LogP contribution in [0.4, 0.5) is 5.82 Å². The molecule has 0 spiro atoms. The van der Waals surface area contributed by atoms with Crippen LogP contribution in [-0.2, 0) is 11.3 Å². The summed E-state index contributed by atoms with van der Waals surface area (Å²) in [5.41, 5.74) is 5.37. The molecule has 1 unspecified atom stereocenters. The van der Waals surface area contributed by atoms with Crippen LogP contribution < -0.4 is 10.1 Å². The number of benzene rings is 1. The smallest absolute Gasteiger partial charge is 0.261 e. The Balaban J connectivity index is 1.25. The lowest BCUT2D eigenvalue weighted by atomic mass is 9.90. The number of pyridine rings is 1. The molecule has 1 amide bonds. The van der Waals surface area contributed by atoms with Gasteiger partial charge in [-0.3, -0.25) is 9.48 Å². The molecule has 1 fully saturated rings. The summed E-state index contributed by atoms with van der Waals surface area (Å²) in [6.07, 6.45) is 7.65. The van der Waals surface area contributed by atoms with Crippen LogP contribution in [0.3, 0.4) is 0 Å². The maximum Gasteiger partial charge on any atom is 0.261 e. The highest BCUT2D eigenvalue weighted by Gasteiger charge is 2.30. The van der Waals surface area contributed by atoms with Crippen molar-refractivity contribution in [2.75, 3.05) is 32.6 Å². The summed E-state index contributed by atoms with van der Waals surface area (Å²) in [7, 11) is 3.44. The van der Waals surface area contributed by atoms with Gasteiger partial charge < -0.3 is 19.5 Å². The zero-order valence-electron chi connectivity index (χ0n) is 21.1. The van der Waals surface area contributed by atoms with Crippen molar-refractivity contribution in [3.63, 3.8) is 0 Å². The lowest BCUT2D eigenvalue weighted by Crippen LogP contribution is -2.26. The van der Waals surface area contributed by atoms with Crippen molar-refractivity contribution < 1.29 is 14.1 Å². The molecule has 1 N–H and O–H groups in total. The fourth-order valence-corrected chi connectivity index (χ4v) is 4.58. The maximum absolute atomic E-state index is 12.0. The third kappa shape index (κ3) is 4.66. The predicted octanol–water partition coefficient (Wildman–Crippen LogP) is 3.92. The van der Waals surface area contributed by atoms with E-state index in [2.05, 4.69) is 56.7 Å². The van der Waals surface area contributed by atoms with E-state index in [1.54, 1.807) is 31.2 Å². The van der Waals surface area contributed by atoms with Crippen LogP contribution in [0.5, 0.6) is 5.75 Å². The average molecular weight is 500 g/mol. The van der Waals surface area contributed by atoms with Gasteiger partial charge >= 0.3 is 0 Å². The van der Waals surface area contributed by atoms with E-state index in [1.165, 1.54) is 28.9 Å².